The molecule has 1 aromatic heterocycles. The SMILES string of the molecule is Clc1cccc(-n2nc(C3CCCO3)c3c2NCCCC3)c1Cl. The molecule has 0 spiro atoms. The van der Waals surface area contributed by atoms with Crippen LogP contribution in [0.2, 0.25) is 10.0 Å². The van der Waals surface area contributed by atoms with Gasteiger partial charge in [0.2, 0.25) is 0 Å². The van der Waals surface area contributed by atoms with Crippen LogP contribution >= 0.6 is 23.2 Å². The molecule has 4 rings (SSSR count). The van der Waals surface area contributed by atoms with Crippen molar-refractivity contribution in [1.82, 2.24) is 9.78 Å². The van der Waals surface area contributed by atoms with Crippen LogP contribution in [0.3, 0.4) is 0 Å². The minimum atomic E-state index is 0.0999. The van der Waals surface area contributed by atoms with E-state index in [-0.39, 0.29) is 6.10 Å². The summed E-state index contributed by atoms with van der Waals surface area (Å²) < 4.78 is 7.80. The molecule has 3 heterocycles. The molecular formula is C17H19Cl2N3O. The van der Waals surface area contributed by atoms with E-state index in [1.54, 1.807) is 6.07 Å². The van der Waals surface area contributed by atoms with Crippen LogP contribution < -0.4 is 5.32 Å². The molecule has 1 N–H and O–H groups in total. The number of ether oxygens (including phenoxy) is 1. The molecule has 2 aliphatic rings. The number of rotatable bonds is 2. The standard InChI is InChI=1S/C17H19Cl2N3O/c18-12-6-3-7-13(15(12)19)22-17-11(5-1-2-9-20-17)16(21-22)14-8-4-10-23-14/h3,6-7,14,20H,1-2,4-5,8-10H2. The highest BCUT2D eigenvalue weighted by atomic mass is 35.5. The van der Waals surface area contributed by atoms with Crippen LogP contribution in [-0.2, 0) is 11.2 Å². The van der Waals surface area contributed by atoms with E-state index in [0.717, 1.165) is 62.5 Å². The monoisotopic (exact) mass is 351 g/mol. The maximum Gasteiger partial charge on any atom is 0.133 e. The Balaban J connectivity index is 1.87. The third-order valence-electron chi connectivity index (χ3n) is 4.55. The second-order valence-corrected chi connectivity index (χ2v) is 6.87. The van der Waals surface area contributed by atoms with Gasteiger partial charge in [0.15, 0.2) is 0 Å². The Morgan fingerprint density at radius 3 is 2.96 bits per heavy atom. The number of fused-ring (bicyclic) bond motifs is 1. The first kappa shape index (κ1) is 15.3. The van der Waals surface area contributed by atoms with Crippen LogP contribution in [0.1, 0.15) is 43.0 Å². The summed E-state index contributed by atoms with van der Waals surface area (Å²) in [4.78, 5) is 0. The van der Waals surface area contributed by atoms with Gasteiger partial charge in [-0.25, -0.2) is 4.68 Å². The Morgan fingerprint density at radius 2 is 2.13 bits per heavy atom. The van der Waals surface area contributed by atoms with Gasteiger partial charge in [0, 0.05) is 18.7 Å². The first-order valence-corrected chi connectivity index (χ1v) is 8.93. The second-order valence-electron chi connectivity index (χ2n) is 6.08. The van der Waals surface area contributed by atoms with Crippen molar-refractivity contribution in [1.29, 1.82) is 0 Å². The fraction of sp³-hybridized carbons (Fsp3) is 0.471. The molecule has 6 heteroatoms. The highest BCUT2D eigenvalue weighted by molar-refractivity contribution is 6.43. The molecular weight excluding hydrogens is 333 g/mol. The first-order valence-electron chi connectivity index (χ1n) is 8.17. The maximum atomic E-state index is 6.43. The van der Waals surface area contributed by atoms with E-state index >= 15 is 0 Å². The molecule has 2 aliphatic heterocycles. The smallest absolute Gasteiger partial charge is 0.133 e. The van der Waals surface area contributed by atoms with Gasteiger partial charge in [0.05, 0.1) is 21.4 Å². The molecule has 1 saturated heterocycles. The lowest BCUT2D eigenvalue weighted by Crippen LogP contribution is -2.07. The van der Waals surface area contributed by atoms with Gasteiger partial charge in [-0.15, -0.1) is 0 Å². The zero-order chi connectivity index (χ0) is 15.8. The zero-order valence-electron chi connectivity index (χ0n) is 12.8. The average molecular weight is 352 g/mol. The van der Waals surface area contributed by atoms with Gasteiger partial charge < -0.3 is 10.1 Å². The van der Waals surface area contributed by atoms with Gasteiger partial charge in [-0.1, -0.05) is 29.3 Å². The molecule has 4 nitrogen and oxygen atoms in total. The molecule has 23 heavy (non-hydrogen) atoms. The highest BCUT2D eigenvalue weighted by Crippen LogP contribution is 2.38. The third-order valence-corrected chi connectivity index (χ3v) is 5.36. The predicted molar refractivity (Wildman–Crippen MR) is 92.9 cm³/mol. The van der Waals surface area contributed by atoms with Crippen LogP contribution in [-0.4, -0.2) is 22.9 Å². The van der Waals surface area contributed by atoms with Crippen LogP contribution in [0.5, 0.6) is 0 Å². The van der Waals surface area contributed by atoms with Gasteiger partial charge in [0.25, 0.3) is 0 Å². The van der Waals surface area contributed by atoms with E-state index in [2.05, 4.69) is 5.32 Å². The number of hydrogen-bond acceptors (Lipinski definition) is 3. The molecule has 122 valence electrons. The topological polar surface area (TPSA) is 39.1 Å². The van der Waals surface area contributed by atoms with E-state index in [0.29, 0.717) is 10.0 Å². The molecule has 0 amide bonds. The van der Waals surface area contributed by atoms with Gasteiger partial charge in [-0.05, 0) is 44.2 Å². The van der Waals surface area contributed by atoms with Gasteiger partial charge >= 0.3 is 0 Å². The van der Waals surface area contributed by atoms with Crippen LogP contribution in [0.15, 0.2) is 18.2 Å². The Hall–Kier alpha value is -1.23. The number of benzene rings is 1. The first-order chi connectivity index (χ1) is 11.3. The Labute approximate surface area is 145 Å². The summed E-state index contributed by atoms with van der Waals surface area (Å²) in [6.07, 6.45) is 5.57. The molecule has 0 bridgehead atoms. The average Bonchev–Trinajstić information content (AvgIpc) is 3.12. The van der Waals surface area contributed by atoms with E-state index in [1.807, 2.05) is 16.8 Å². The van der Waals surface area contributed by atoms with Crippen molar-refractivity contribution in [3.63, 3.8) is 0 Å². The van der Waals surface area contributed by atoms with Crippen molar-refractivity contribution in [2.24, 2.45) is 0 Å². The largest absolute Gasteiger partial charge is 0.372 e. The summed E-state index contributed by atoms with van der Waals surface area (Å²) in [5.74, 6) is 1.04. The minimum Gasteiger partial charge on any atom is -0.372 e. The van der Waals surface area contributed by atoms with Crippen molar-refractivity contribution in [2.75, 3.05) is 18.5 Å². The number of halogens is 2. The van der Waals surface area contributed by atoms with Gasteiger partial charge in [-0.2, -0.15) is 5.10 Å². The molecule has 1 aromatic carbocycles. The van der Waals surface area contributed by atoms with Gasteiger partial charge in [0.1, 0.15) is 11.9 Å². The molecule has 0 saturated carbocycles. The van der Waals surface area contributed by atoms with Crippen molar-refractivity contribution in [2.45, 2.75) is 38.2 Å². The van der Waals surface area contributed by atoms with Crippen LogP contribution in [0.25, 0.3) is 5.69 Å². The summed E-state index contributed by atoms with van der Waals surface area (Å²) in [6, 6.07) is 5.65. The summed E-state index contributed by atoms with van der Waals surface area (Å²) in [5, 5.41) is 9.47. The van der Waals surface area contributed by atoms with Crippen molar-refractivity contribution < 1.29 is 4.74 Å². The van der Waals surface area contributed by atoms with Crippen LogP contribution in [0, 0.1) is 0 Å². The molecule has 1 atom stereocenters. The lowest BCUT2D eigenvalue weighted by atomic mass is 10.0. The number of aromatic nitrogens is 2. The number of nitrogens with one attached hydrogen (secondary N) is 1. The lowest BCUT2D eigenvalue weighted by molar-refractivity contribution is 0.107. The molecule has 2 aromatic rings. The van der Waals surface area contributed by atoms with Crippen molar-refractivity contribution in [3.05, 3.63) is 39.5 Å². The van der Waals surface area contributed by atoms with Crippen LogP contribution in [0.4, 0.5) is 5.82 Å². The molecule has 1 unspecified atom stereocenters. The number of hydrogen-bond donors (Lipinski definition) is 1. The minimum absolute atomic E-state index is 0.0999. The Kier molecular flexibility index (Phi) is 4.22. The quantitative estimate of drug-likeness (QED) is 0.846. The number of anilines is 1. The summed E-state index contributed by atoms with van der Waals surface area (Å²) >= 11 is 12.6. The fourth-order valence-electron chi connectivity index (χ4n) is 3.41. The summed E-state index contributed by atoms with van der Waals surface area (Å²) in [7, 11) is 0. The van der Waals surface area contributed by atoms with E-state index < -0.39 is 0 Å². The number of nitrogens with zero attached hydrogens (tertiary/aromatic N) is 2. The zero-order valence-corrected chi connectivity index (χ0v) is 14.3. The molecule has 1 fully saturated rings. The summed E-state index contributed by atoms with van der Waals surface area (Å²) in [5.41, 5.74) is 3.14. The Morgan fingerprint density at radius 1 is 1.22 bits per heavy atom. The predicted octanol–water partition coefficient (Wildman–Crippen LogP) is 4.78. The third kappa shape index (κ3) is 2.73. The lowest BCUT2D eigenvalue weighted by Gasteiger charge is -2.11. The van der Waals surface area contributed by atoms with E-state index in [9.17, 15) is 0 Å². The maximum absolute atomic E-state index is 6.43. The normalized spacial score (nSPS) is 20.9. The second kappa shape index (κ2) is 6.34. The molecule has 0 radical (unpaired) electrons. The molecule has 0 aliphatic carbocycles. The van der Waals surface area contributed by atoms with Crippen molar-refractivity contribution >= 4 is 29.0 Å². The van der Waals surface area contributed by atoms with E-state index in [1.165, 1.54) is 5.56 Å². The van der Waals surface area contributed by atoms with Crippen molar-refractivity contribution in [3.8, 4) is 5.69 Å². The highest BCUT2D eigenvalue weighted by Gasteiger charge is 2.29. The van der Waals surface area contributed by atoms with Gasteiger partial charge in [-0.3, -0.25) is 0 Å². The summed E-state index contributed by atoms with van der Waals surface area (Å²) in [6.45, 7) is 1.76. The Bertz CT molecular complexity index is 723. The van der Waals surface area contributed by atoms with E-state index in [4.69, 9.17) is 33.0 Å². The fourth-order valence-corrected chi connectivity index (χ4v) is 3.79.